The summed E-state index contributed by atoms with van der Waals surface area (Å²) in [4.78, 5) is 13.4. The number of hydrogen-bond donors (Lipinski definition) is 1. The van der Waals surface area contributed by atoms with E-state index in [0.29, 0.717) is 18.4 Å². The zero-order valence-corrected chi connectivity index (χ0v) is 8.46. The highest BCUT2D eigenvalue weighted by atomic mass is 16.2. The number of hydrogen-bond acceptors (Lipinski definition) is 2. The zero-order chi connectivity index (χ0) is 9.68. The van der Waals surface area contributed by atoms with Crippen LogP contribution in [-0.4, -0.2) is 30.4 Å². The Hall–Kier alpha value is -0.570. The Bertz CT molecular complexity index is 170. The van der Waals surface area contributed by atoms with Crippen molar-refractivity contribution < 1.29 is 4.79 Å². The standard InChI is InChI=1S/C10H20N2O/c1-2-4-9-7-10(13)12(8-9)6-3-5-11/h9H,2-8,11H2,1H3. The third-order valence-corrected chi connectivity index (χ3v) is 2.62. The highest BCUT2D eigenvalue weighted by molar-refractivity contribution is 5.78. The predicted octanol–water partition coefficient (Wildman–Crippen LogP) is 0.984. The molecule has 0 aromatic carbocycles. The van der Waals surface area contributed by atoms with Crippen molar-refractivity contribution in [3.8, 4) is 0 Å². The highest BCUT2D eigenvalue weighted by Gasteiger charge is 2.27. The first-order valence-electron chi connectivity index (χ1n) is 5.25. The maximum absolute atomic E-state index is 11.5. The average Bonchev–Trinajstić information content (AvgIpc) is 2.44. The monoisotopic (exact) mass is 184 g/mol. The molecule has 1 unspecified atom stereocenters. The summed E-state index contributed by atoms with van der Waals surface area (Å²) >= 11 is 0. The molecule has 76 valence electrons. The number of amides is 1. The van der Waals surface area contributed by atoms with Gasteiger partial charge in [-0.3, -0.25) is 4.79 Å². The minimum atomic E-state index is 0.326. The van der Waals surface area contributed by atoms with Gasteiger partial charge in [-0.05, 0) is 25.3 Å². The van der Waals surface area contributed by atoms with E-state index in [-0.39, 0.29) is 0 Å². The fourth-order valence-electron chi connectivity index (χ4n) is 1.95. The Morgan fingerprint density at radius 1 is 1.62 bits per heavy atom. The lowest BCUT2D eigenvalue weighted by Crippen LogP contribution is -2.27. The van der Waals surface area contributed by atoms with Crippen molar-refractivity contribution in [3.63, 3.8) is 0 Å². The van der Waals surface area contributed by atoms with Crippen molar-refractivity contribution in [3.05, 3.63) is 0 Å². The number of carbonyl (C=O) groups is 1. The predicted molar refractivity (Wildman–Crippen MR) is 53.3 cm³/mol. The lowest BCUT2D eigenvalue weighted by molar-refractivity contribution is -0.127. The van der Waals surface area contributed by atoms with Crippen molar-refractivity contribution >= 4 is 5.91 Å². The molecule has 1 aliphatic rings. The maximum atomic E-state index is 11.5. The molecular formula is C10H20N2O. The number of likely N-dealkylation sites (tertiary alicyclic amines) is 1. The van der Waals surface area contributed by atoms with Crippen LogP contribution in [0.4, 0.5) is 0 Å². The fourth-order valence-corrected chi connectivity index (χ4v) is 1.95. The van der Waals surface area contributed by atoms with E-state index in [1.165, 1.54) is 12.8 Å². The van der Waals surface area contributed by atoms with Crippen LogP contribution in [0.3, 0.4) is 0 Å². The van der Waals surface area contributed by atoms with E-state index in [0.717, 1.165) is 25.9 Å². The molecule has 1 rings (SSSR count). The SMILES string of the molecule is CCCC1CC(=O)N(CCCN)C1. The minimum absolute atomic E-state index is 0.326. The van der Waals surface area contributed by atoms with Crippen molar-refractivity contribution in [2.75, 3.05) is 19.6 Å². The third-order valence-electron chi connectivity index (χ3n) is 2.62. The average molecular weight is 184 g/mol. The fraction of sp³-hybridized carbons (Fsp3) is 0.900. The van der Waals surface area contributed by atoms with Crippen LogP contribution < -0.4 is 5.73 Å². The Morgan fingerprint density at radius 3 is 3.00 bits per heavy atom. The van der Waals surface area contributed by atoms with Crippen LogP contribution in [0.2, 0.25) is 0 Å². The lowest BCUT2D eigenvalue weighted by atomic mass is 10.0. The molecule has 3 heteroatoms. The lowest BCUT2D eigenvalue weighted by Gasteiger charge is -2.15. The quantitative estimate of drug-likeness (QED) is 0.692. The van der Waals surface area contributed by atoms with Gasteiger partial charge in [-0.25, -0.2) is 0 Å². The first-order valence-corrected chi connectivity index (χ1v) is 5.25. The number of rotatable bonds is 5. The van der Waals surface area contributed by atoms with E-state index in [2.05, 4.69) is 6.92 Å². The normalized spacial score (nSPS) is 22.8. The summed E-state index contributed by atoms with van der Waals surface area (Å²) in [5, 5.41) is 0. The summed E-state index contributed by atoms with van der Waals surface area (Å²) in [6, 6.07) is 0. The van der Waals surface area contributed by atoms with E-state index in [4.69, 9.17) is 5.73 Å². The first-order chi connectivity index (χ1) is 6.27. The third kappa shape index (κ3) is 2.99. The molecule has 1 fully saturated rings. The van der Waals surface area contributed by atoms with Crippen LogP contribution in [0.25, 0.3) is 0 Å². The van der Waals surface area contributed by atoms with Gasteiger partial charge >= 0.3 is 0 Å². The molecule has 0 spiro atoms. The summed E-state index contributed by atoms with van der Waals surface area (Å²) < 4.78 is 0. The van der Waals surface area contributed by atoms with E-state index in [1.54, 1.807) is 0 Å². The topological polar surface area (TPSA) is 46.3 Å². The van der Waals surface area contributed by atoms with E-state index in [9.17, 15) is 4.79 Å². The van der Waals surface area contributed by atoms with Gasteiger partial charge in [-0.2, -0.15) is 0 Å². The molecular weight excluding hydrogens is 164 g/mol. The van der Waals surface area contributed by atoms with Crippen LogP contribution in [-0.2, 0) is 4.79 Å². The number of nitrogens with zero attached hydrogens (tertiary/aromatic N) is 1. The van der Waals surface area contributed by atoms with Crippen LogP contribution in [0.15, 0.2) is 0 Å². The molecule has 0 saturated carbocycles. The summed E-state index contributed by atoms with van der Waals surface area (Å²) in [6.45, 7) is 4.68. The van der Waals surface area contributed by atoms with Gasteiger partial charge in [0, 0.05) is 19.5 Å². The molecule has 2 N–H and O–H groups in total. The molecule has 13 heavy (non-hydrogen) atoms. The highest BCUT2D eigenvalue weighted by Crippen LogP contribution is 2.21. The van der Waals surface area contributed by atoms with E-state index in [1.807, 2.05) is 4.90 Å². The molecule has 1 atom stereocenters. The van der Waals surface area contributed by atoms with Gasteiger partial charge in [0.25, 0.3) is 0 Å². The zero-order valence-electron chi connectivity index (χ0n) is 8.46. The Labute approximate surface area is 80.3 Å². The van der Waals surface area contributed by atoms with Gasteiger partial charge in [0.2, 0.25) is 5.91 Å². The molecule has 0 aromatic heterocycles. The van der Waals surface area contributed by atoms with Crippen molar-refractivity contribution in [2.24, 2.45) is 11.7 Å². The molecule has 1 amide bonds. The first kappa shape index (κ1) is 10.5. The van der Waals surface area contributed by atoms with Gasteiger partial charge in [-0.15, -0.1) is 0 Å². The van der Waals surface area contributed by atoms with Crippen molar-refractivity contribution in [1.29, 1.82) is 0 Å². The van der Waals surface area contributed by atoms with Crippen LogP contribution in [0.1, 0.15) is 32.6 Å². The number of carbonyl (C=O) groups excluding carboxylic acids is 1. The van der Waals surface area contributed by atoms with Crippen LogP contribution in [0, 0.1) is 5.92 Å². The number of nitrogens with two attached hydrogens (primary N) is 1. The molecule has 1 heterocycles. The minimum Gasteiger partial charge on any atom is -0.342 e. The molecule has 1 saturated heterocycles. The van der Waals surface area contributed by atoms with Crippen molar-refractivity contribution in [2.45, 2.75) is 32.6 Å². The Morgan fingerprint density at radius 2 is 2.38 bits per heavy atom. The van der Waals surface area contributed by atoms with Gasteiger partial charge in [0.05, 0.1) is 0 Å². The molecule has 0 aromatic rings. The van der Waals surface area contributed by atoms with Crippen LogP contribution >= 0.6 is 0 Å². The maximum Gasteiger partial charge on any atom is 0.222 e. The second kappa shape index (κ2) is 5.22. The Kier molecular flexibility index (Phi) is 4.22. The Balaban J connectivity index is 2.28. The summed E-state index contributed by atoms with van der Waals surface area (Å²) in [7, 11) is 0. The molecule has 1 aliphatic heterocycles. The second-order valence-corrected chi connectivity index (χ2v) is 3.84. The summed E-state index contributed by atoms with van der Waals surface area (Å²) in [5.74, 6) is 0.933. The largest absolute Gasteiger partial charge is 0.342 e. The smallest absolute Gasteiger partial charge is 0.222 e. The molecule has 0 radical (unpaired) electrons. The van der Waals surface area contributed by atoms with E-state index >= 15 is 0 Å². The van der Waals surface area contributed by atoms with Crippen LogP contribution in [0.5, 0.6) is 0 Å². The van der Waals surface area contributed by atoms with Gasteiger partial charge < -0.3 is 10.6 Å². The summed E-state index contributed by atoms with van der Waals surface area (Å²) in [5.41, 5.74) is 5.41. The second-order valence-electron chi connectivity index (χ2n) is 3.84. The molecule has 0 bridgehead atoms. The van der Waals surface area contributed by atoms with Gasteiger partial charge in [0.15, 0.2) is 0 Å². The molecule has 3 nitrogen and oxygen atoms in total. The van der Waals surface area contributed by atoms with Gasteiger partial charge in [0.1, 0.15) is 0 Å². The molecule has 0 aliphatic carbocycles. The summed E-state index contributed by atoms with van der Waals surface area (Å²) in [6.07, 6.45) is 4.07. The van der Waals surface area contributed by atoms with Gasteiger partial charge in [-0.1, -0.05) is 13.3 Å². The van der Waals surface area contributed by atoms with E-state index < -0.39 is 0 Å². The van der Waals surface area contributed by atoms with Crippen molar-refractivity contribution in [1.82, 2.24) is 4.90 Å².